The van der Waals surface area contributed by atoms with Crippen LogP contribution in [0.25, 0.3) is 0 Å². The average Bonchev–Trinajstić information content (AvgIpc) is 2.76. The number of hydrogen-bond donors (Lipinski definition) is 3. The first-order chi connectivity index (χ1) is 7.78. The minimum absolute atomic E-state index is 0.219. The summed E-state index contributed by atoms with van der Waals surface area (Å²) in [6.07, 6.45) is 0.697. The van der Waals surface area contributed by atoms with Gasteiger partial charge in [-0.1, -0.05) is 13.8 Å². The fourth-order valence-corrected chi connectivity index (χ4v) is 2.17. The Kier molecular flexibility index (Phi) is 3.75. The normalized spacial score (nSPS) is 25.1. The third-order valence-electron chi connectivity index (χ3n) is 3.28. The highest BCUT2D eigenvalue weighted by Crippen LogP contribution is 2.58. The van der Waals surface area contributed by atoms with Crippen LogP contribution in [0.4, 0.5) is 0 Å². The molecular weight excluding hydrogens is 224 g/mol. The van der Waals surface area contributed by atoms with Crippen molar-refractivity contribution in [2.75, 3.05) is 6.54 Å². The molecule has 0 radical (unpaired) electrons. The Bertz CT molecular complexity index is 351. The van der Waals surface area contributed by atoms with E-state index in [-0.39, 0.29) is 12.3 Å². The van der Waals surface area contributed by atoms with Crippen molar-refractivity contribution in [3.63, 3.8) is 0 Å². The number of nitrogens with one attached hydrogen (secondary N) is 1. The van der Waals surface area contributed by atoms with Crippen molar-refractivity contribution < 1.29 is 19.5 Å². The van der Waals surface area contributed by atoms with Crippen LogP contribution in [-0.4, -0.2) is 29.4 Å². The lowest BCUT2D eigenvalue weighted by atomic mass is 10.1. The number of carboxylic acids is 1. The van der Waals surface area contributed by atoms with Crippen molar-refractivity contribution in [2.45, 2.75) is 26.7 Å². The molecule has 0 bridgehead atoms. The van der Waals surface area contributed by atoms with Crippen LogP contribution >= 0.6 is 0 Å². The molecule has 0 aromatic carbocycles. The van der Waals surface area contributed by atoms with Crippen molar-refractivity contribution in [1.82, 2.24) is 5.32 Å². The predicted molar refractivity (Wildman–Crippen MR) is 59.8 cm³/mol. The fourth-order valence-electron chi connectivity index (χ4n) is 2.17. The summed E-state index contributed by atoms with van der Waals surface area (Å²) in [7, 11) is 0. The van der Waals surface area contributed by atoms with Gasteiger partial charge in [0.25, 0.3) is 0 Å². The van der Waals surface area contributed by atoms with Gasteiger partial charge < -0.3 is 16.2 Å². The number of rotatable bonds is 6. The average molecular weight is 242 g/mol. The Morgan fingerprint density at radius 1 is 1.29 bits per heavy atom. The van der Waals surface area contributed by atoms with Crippen LogP contribution in [0.1, 0.15) is 26.7 Å². The third kappa shape index (κ3) is 2.95. The number of nitrogens with two attached hydrogens (primary N) is 1. The minimum Gasteiger partial charge on any atom is -0.481 e. The Hall–Kier alpha value is -1.59. The summed E-state index contributed by atoms with van der Waals surface area (Å²) in [5, 5.41) is 11.5. The maximum absolute atomic E-state index is 11.7. The molecule has 2 amide bonds. The third-order valence-corrected chi connectivity index (χ3v) is 3.28. The molecule has 1 fully saturated rings. The molecule has 0 aromatic heterocycles. The van der Waals surface area contributed by atoms with Gasteiger partial charge in [0.2, 0.25) is 11.8 Å². The van der Waals surface area contributed by atoms with E-state index in [1.54, 1.807) is 13.8 Å². The van der Waals surface area contributed by atoms with Crippen LogP contribution in [0.3, 0.4) is 0 Å². The summed E-state index contributed by atoms with van der Waals surface area (Å²) in [4.78, 5) is 33.0. The van der Waals surface area contributed by atoms with Crippen LogP contribution in [-0.2, 0) is 14.4 Å². The maximum atomic E-state index is 11.7. The van der Waals surface area contributed by atoms with E-state index in [9.17, 15) is 14.4 Å². The molecular formula is C11H18N2O4. The number of hydrogen-bond acceptors (Lipinski definition) is 3. The van der Waals surface area contributed by atoms with Gasteiger partial charge in [0.15, 0.2) is 0 Å². The molecule has 1 aliphatic carbocycles. The van der Waals surface area contributed by atoms with E-state index in [1.807, 2.05) is 0 Å². The molecule has 17 heavy (non-hydrogen) atoms. The summed E-state index contributed by atoms with van der Waals surface area (Å²) in [6.45, 7) is 3.87. The summed E-state index contributed by atoms with van der Waals surface area (Å²) in [5.41, 5.74) is 4.47. The lowest BCUT2D eigenvalue weighted by Gasteiger charge is -2.04. The lowest BCUT2D eigenvalue weighted by molar-refractivity contribution is -0.140. The largest absolute Gasteiger partial charge is 0.481 e. The summed E-state index contributed by atoms with van der Waals surface area (Å²) in [5.74, 6) is -2.69. The second kappa shape index (κ2) is 4.73. The van der Waals surface area contributed by atoms with Gasteiger partial charge in [0, 0.05) is 13.0 Å². The van der Waals surface area contributed by atoms with Crippen molar-refractivity contribution in [3.8, 4) is 0 Å². The van der Waals surface area contributed by atoms with Gasteiger partial charge in [-0.25, -0.2) is 0 Å². The molecule has 1 saturated carbocycles. The van der Waals surface area contributed by atoms with Crippen LogP contribution in [0.5, 0.6) is 0 Å². The van der Waals surface area contributed by atoms with E-state index in [0.717, 1.165) is 0 Å². The van der Waals surface area contributed by atoms with Crippen LogP contribution < -0.4 is 11.1 Å². The highest BCUT2D eigenvalue weighted by atomic mass is 16.4. The second-order valence-corrected chi connectivity index (χ2v) is 4.98. The highest BCUT2D eigenvalue weighted by molar-refractivity contribution is 5.91. The van der Waals surface area contributed by atoms with Crippen molar-refractivity contribution in [2.24, 2.45) is 23.0 Å². The summed E-state index contributed by atoms with van der Waals surface area (Å²) >= 11 is 0. The van der Waals surface area contributed by atoms with Gasteiger partial charge in [-0.2, -0.15) is 0 Å². The predicted octanol–water partition coefficient (Wildman–Crippen LogP) is -0.275. The Morgan fingerprint density at radius 3 is 2.29 bits per heavy atom. The maximum Gasteiger partial charge on any atom is 0.307 e. The molecule has 2 unspecified atom stereocenters. The molecule has 4 N–H and O–H groups in total. The van der Waals surface area contributed by atoms with E-state index in [0.29, 0.717) is 13.0 Å². The van der Waals surface area contributed by atoms with E-state index >= 15 is 0 Å². The van der Waals surface area contributed by atoms with Gasteiger partial charge in [-0.05, 0) is 11.8 Å². The van der Waals surface area contributed by atoms with Crippen molar-refractivity contribution in [3.05, 3.63) is 0 Å². The van der Waals surface area contributed by atoms with Crippen molar-refractivity contribution >= 4 is 17.8 Å². The van der Waals surface area contributed by atoms with Crippen molar-refractivity contribution in [1.29, 1.82) is 0 Å². The zero-order valence-electron chi connectivity index (χ0n) is 10.0. The second-order valence-electron chi connectivity index (χ2n) is 4.98. The van der Waals surface area contributed by atoms with E-state index in [1.165, 1.54) is 0 Å². The molecule has 0 heterocycles. The number of carbonyl (C=O) groups excluding carboxylic acids is 2. The molecule has 6 heteroatoms. The van der Waals surface area contributed by atoms with Crippen LogP contribution in [0, 0.1) is 17.3 Å². The van der Waals surface area contributed by atoms with Crippen LogP contribution in [0.2, 0.25) is 0 Å². The molecule has 6 nitrogen and oxygen atoms in total. The highest BCUT2D eigenvalue weighted by Gasteiger charge is 2.65. The molecule has 1 aliphatic rings. The molecule has 0 aliphatic heterocycles. The number of carboxylic acid groups (broad SMARTS) is 1. The number of aliphatic carboxylic acids is 1. The van der Waals surface area contributed by atoms with E-state index < -0.39 is 29.1 Å². The fraction of sp³-hybridized carbons (Fsp3) is 0.727. The topological polar surface area (TPSA) is 109 Å². The molecule has 0 saturated heterocycles. The number of amides is 2. The van der Waals surface area contributed by atoms with Gasteiger partial charge >= 0.3 is 5.97 Å². The smallest absolute Gasteiger partial charge is 0.307 e. The molecule has 1 rings (SSSR count). The number of primary amides is 1. The van der Waals surface area contributed by atoms with Gasteiger partial charge in [0.05, 0.1) is 11.8 Å². The molecule has 96 valence electrons. The number of carbonyl (C=O) groups is 3. The zero-order valence-corrected chi connectivity index (χ0v) is 10.0. The Balaban J connectivity index is 2.35. The lowest BCUT2D eigenvalue weighted by Crippen LogP contribution is -2.29. The SMILES string of the molecule is CC1(C)C(C(=O)O)C1C(=O)NCCCC(N)=O. The molecule has 2 atom stereocenters. The standard InChI is InChI=1S/C11H18N2O4/c1-11(2)7(8(11)10(16)17)9(15)13-5-3-4-6(12)14/h7-8H,3-5H2,1-2H3,(H2,12,14)(H,13,15)(H,16,17). The Morgan fingerprint density at radius 2 is 1.88 bits per heavy atom. The first kappa shape index (κ1) is 13.5. The first-order valence-corrected chi connectivity index (χ1v) is 5.57. The van der Waals surface area contributed by atoms with E-state index in [2.05, 4.69) is 5.32 Å². The summed E-state index contributed by atoms with van der Waals surface area (Å²) < 4.78 is 0. The molecule has 0 aromatic rings. The monoisotopic (exact) mass is 242 g/mol. The van der Waals surface area contributed by atoms with Gasteiger partial charge in [-0.3, -0.25) is 14.4 Å². The van der Waals surface area contributed by atoms with Gasteiger partial charge in [0.1, 0.15) is 0 Å². The molecule has 0 spiro atoms. The Labute approximate surface area is 99.6 Å². The van der Waals surface area contributed by atoms with E-state index in [4.69, 9.17) is 10.8 Å². The minimum atomic E-state index is -0.938. The zero-order chi connectivity index (χ0) is 13.2. The van der Waals surface area contributed by atoms with Crippen LogP contribution in [0.15, 0.2) is 0 Å². The first-order valence-electron chi connectivity index (χ1n) is 5.57. The summed E-state index contributed by atoms with van der Waals surface area (Å²) in [6, 6.07) is 0. The van der Waals surface area contributed by atoms with Gasteiger partial charge in [-0.15, -0.1) is 0 Å². The quantitative estimate of drug-likeness (QED) is 0.556.